The van der Waals surface area contributed by atoms with Crippen molar-refractivity contribution in [2.75, 3.05) is 12.3 Å². The minimum Gasteiger partial charge on any atom is -0.394 e. The molecule has 1 aliphatic heterocycles. The fourth-order valence-corrected chi connectivity index (χ4v) is 2.55. The van der Waals surface area contributed by atoms with E-state index in [2.05, 4.69) is 15.0 Å². The minimum atomic E-state index is -0.768. The van der Waals surface area contributed by atoms with E-state index in [1.807, 2.05) is 0 Å². The molecule has 0 amide bonds. The van der Waals surface area contributed by atoms with Crippen LogP contribution in [0.15, 0.2) is 6.33 Å². The number of aromatic amines is 1. The van der Waals surface area contributed by atoms with Gasteiger partial charge in [-0.2, -0.15) is 4.57 Å². The lowest BCUT2D eigenvalue weighted by atomic mass is 10.2. The quantitative estimate of drug-likeness (QED) is 0.420. The smallest absolute Gasteiger partial charge is 0.394 e. The van der Waals surface area contributed by atoms with Crippen LogP contribution in [0, 0.1) is 0 Å². The van der Waals surface area contributed by atoms with Crippen molar-refractivity contribution in [3.05, 3.63) is 11.5 Å². The van der Waals surface area contributed by atoms with Crippen molar-refractivity contribution in [1.29, 1.82) is 0 Å². The number of H-pyrrole nitrogens is 1. The maximum absolute atomic E-state index is 9.75. The number of halogens is 1. The number of rotatable bonds is 2. The highest BCUT2D eigenvalue weighted by Crippen LogP contribution is 2.28. The predicted octanol–water partition coefficient (Wildman–Crippen LogP) is -0.878. The zero-order valence-electron chi connectivity index (χ0n) is 9.82. The van der Waals surface area contributed by atoms with E-state index >= 15 is 0 Å². The largest absolute Gasteiger partial charge is 0.394 e. The van der Waals surface area contributed by atoms with Gasteiger partial charge >= 0.3 is 5.95 Å². The van der Waals surface area contributed by atoms with Crippen molar-refractivity contribution in [1.82, 2.24) is 15.0 Å². The van der Waals surface area contributed by atoms with E-state index in [4.69, 9.17) is 27.2 Å². The van der Waals surface area contributed by atoms with Gasteiger partial charge in [0, 0.05) is 6.42 Å². The summed E-state index contributed by atoms with van der Waals surface area (Å²) in [5.41, 5.74) is 6.80. The van der Waals surface area contributed by atoms with Gasteiger partial charge < -0.3 is 19.9 Å². The molecule has 5 N–H and O–H groups in total. The average molecular weight is 287 g/mol. The molecule has 0 saturated carbocycles. The molecule has 0 aliphatic carbocycles. The molecule has 0 radical (unpaired) electrons. The number of hydrogen-bond acceptors (Lipinski definition) is 6. The van der Waals surface area contributed by atoms with Crippen molar-refractivity contribution in [3.8, 4) is 0 Å². The number of imidazole rings is 1. The molecule has 3 atom stereocenters. The van der Waals surface area contributed by atoms with Crippen LogP contribution in [0.25, 0.3) is 11.2 Å². The molecule has 1 saturated heterocycles. The number of anilines is 1. The minimum absolute atomic E-state index is 0.139. The maximum atomic E-state index is 9.75. The molecule has 2 aromatic rings. The fourth-order valence-electron chi connectivity index (χ4n) is 2.22. The van der Waals surface area contributed by atoms with Crippen LogP contribution < -0.4 is 10.3 Å². The van der Waals surface area contributed by atoms with E-state index in [1.165, 1.54) is 10.9 Å². The molecule has 0 bridgehead atoms. The second kappa shape index (κ2) is 4.57. The summed E-state index contributed by atoms with van der Waals surface area (Å²) in [6, 6.07) is 0. The van der Waals surface area contributed by atoms with Gasteiger partial charge in [0.15, 0.2) is 11.7 Å². The zero-order chi connectivity index (χ0) is 13.6. The summed E-state index contributed by atoms with van der Waals surface area (Å²) in [5.74, 6) is 0.139. The molecule has 0 aromatic carbocycles. The van der Waals surface area contributed by atoms with Crippen LogP contribution in [0.4, 0.5) is 5.95 Å². The van der Waals surface area contributed by atoms with Crippen molar-refractivity contribution in [3.63, 3.8) is 0 Å². The predicted molar refractivity (Wildman–Crippen MR) is 65.1 cm³/mol. The maximum Gasteiger partial charge on any atom is 0.394 e. The summed E-state index contributed by atoms with van der Waals surface area (Å²) in [5, 5.41) is 19.1. The van der Waals surface area contributed by atoms with Crippen LogP contribution in [-0.4, -0.2) is 44.0 Å². The average Bonchev–Trinajstić information content (AvgIpc) is 2.95. The topological polar surface area (TPSA) is 121 Å². The Kier molecular flexibility index (Phi) is 3.02. The van der Waals surface area contributed by atoms with Gasteiger partial charge in [-0.15, -0.1) is 0 Å². The zero-order valence-corrected chi connectivity index (χ0v) is 10.6. The summed E-state index contributed by atoms with van der Waals surface area (Å²) in [6.45, 7) is -0.268. The monoisotopic (exact) mass is 286 g/mol. The van der Waals surface area contributed by atoms with Crippen molar-refractivity contribution >= 4 is 28.7 Å². The molecule has 1 aliphatic rings. The number of aliphatic hydroxyl groups excluding tert-OH is 2. The van der Waals surface area contributed by atoms with Gasteiger partial charge in [-0.1, -0.05) is 0 Å². The first-order chi connectivity index (χ1) is 9.11. The Morgan fingerprint density at radius 2 is 2.42 bits per heavy atom. The van der Waals surface area contributed by atoms with E-state index in [9.17, 15) is 5.11 Å². The third-order valence-corrected chi connectivity index (χ3v) is 3.55. The normalized spacial score (nSPS) is 27.2. The molecule has 9 heteroatoms. The summed E-state index contributed by atoms with van der Waals surface area (Å²) in [7, 11) is 0. The summed E-state index contributed by atoms with van der Waals surface area (Å²) >= 11 is 6.25. The lowest BCUT2D eigenvalue weighted by Gasteiger charge is -2.13. The van der Waals surface area contributed by atoms with E-state index in [-0.39, 0.29) is 19.0 Å². The number of aromatic nitrogens is 4. The van der Waals surface area contributed by atoms with E-state index in [1.54, 1.807) is 0 Å². The first-order valence-electron chi connectivity index (χ1n) is 5.75. The van der Waals surface area contributed by atoms with Gasteiger partial charge in [0.1, 0.15) is 6.10 Å². The van der Waals surface area contributed by atoms with Crippen LogP contribution in [0.3, 0.4) is 0 Å². The lowest BCUT2D eigenvalue weighted by molar-refractivity contribution is -0.745. The van der Waals surface area contributed by atoms with Gasteiger partial charge in [-0.25, -0.2) is 4.98 Å². The lowest BCUT2D eigenvalue weighted by Crippen LogP contribution is -2.44. The van der Waals surface area contributed by atoms with E-state index < -0.39 is 18.4 Å². The molecule has 1 unspecified atom stereocenters. The second-order valence-corrected chi connectivity index (χ2v) is 4.70. The molecular weight excluding hydrogens is 274 g/mol. The molecule has 1 fully saturated rings. The van der Waals surface area contributed by atoms with Crippen LogP contribution >= 0.6 is 11.6 Å². The standard InChI is InChI=1S/C10H12ClN5O3/c11-8-7-9(14-3-13-7)15-10(12)16(8)6-1-4(18)5(2-17)19-6/h3-6,17-18H,1-2H2,(H2,12,13,14,15)/p+1/t4-,5+,6?/m0/s1. The summed E-state index contributed by atoms with van der Waals surface area (Å²) in [4.78, 5) is 11.0. The molecule has 2 aromatic heterocycles. The van der Waals surface area contributed by atoms with Crippen LogP contribution in [0.2, 0.25) is 5.15 Å². The van der Waals surface area contributed by atoms with Crippen molar-refractivity contribution < 1.29 is 19.5 Å². The first kappa shape index (κ1) is 12.5. The highest BCUT2D eigenvalue weighted by Gasteiger charge is 2.39. The van der Waals surface area contributed by atoms with Gasteiger partial charge in [-0.3, -0.25) is 5.73 Å². The summed E-state index contributed by atoms with van der Waals surface area (Å²) in [6.07, 6.45) is -0.240. The number of nitrogens with two attached hydrogens (primary N) is 1. The van der Waals surface area contributed by atoms with Gasteiger partial charge in [0.25, 0.3) is 5.65 Å². The van der Waals surface area contributed by atoms with Crippen LogP contribution in [-0.2, 0) is 4.74 Å². The Hall–Kier alpha value is -1.48. The number of fused-ring (bicyclic) bond motifs is 1. The third kappa shape index (κ3) is 1.93. The van der Waals surface area contributed by atoms with Crippen molar-refractivity contribution in [2.24, 2.45) is 0 Å². The SMILES string of the molecule is Nc1nc2nc[nH]c2c(Cl)[n+]1C1C[C@H](O)[C@@H](CO)O1. The Labute approximate surface area is 112 Å². The molecular formula is C10H13ClN5O3+. The molecule has 0 spiro atoms. The fraction of sp³-hybridized carbons (Fsp3) is 0.500. The molecule has 102 valence electrons. The molecule has 3 heterocycles. The van der Waals surface area contributed by atoms with Crippen molar-refractivity contribution in [2.45, 2.75) is 24.9 Å². The Balaban J connectivity index is 2.05. The highest BCUT2D eigenvalue weighted by atomic mass is 35.5. The Morgan fingerprint density at radius 1 is 1.63 bits per heavy atom. The van der Waals surface area contributed by atoms with Gasteiger partial charge in [-0.05, 0) is 16.6 Å². The number of ether oxygens (including phenoxy) is 1. The van der Waals surface area contributed by atoms with E-state index in [0.717, 1.165) is 0 Å². The molecule has 8 nitrogen and oxygen atoms in total. The van der Waals surface area contributed by atoms with Gasteiger partial charge in [0.05, 0.1) is 19.0 Å². The Bertz CT molecular complexity index is 618. The number of nitrogens with one attached hydrogen (secondary N) is 1. The number of aliphatic hydroxyl groups is 2. The van der Waals surface area contributed by atoms with E-state index in [0.29, 0.717) is 16.3 Å². The van der Waals surface area contributed by atoms with Gasteiger partial charge in [0.2, 0.25) is 5.15 Å². The van der Waals surface area contributed by atoms with Crippen LogP contribution in [0.5, 0.6) is 0 Å². The van der Waals surface area contributed by atoms with Crippen LogP contribution in [0.1, 0.15) is 12.6 Å². The summed E-state index contributed by atoms with van der Waals surface area (Å²) < 4.78 is 6.99. The third-order valence-electron chi connectivity index (χ3n) is 3.18. The number of hydrogen-bond donors (Lipinski definition) is 4. The Morgan fingerprint density at radius 3 is 3.11 bits per heavy atom. The number of nitrogen functional groups attached to an aromatic ring is 1. The second-order valence-electron chi connectivity index (χ2n) is 4.35. The highest BCUT2D eigenvalue weighted by molar-refractivity contribution is 6.32. The molecule has 3 rings (SSSR count). The number of nitrogens with zero attached hydrogens (tertiary/aromatic N) is 3. The molecule has 19 heavy (non-hydrogen) atoms. The first-order valence-corrected chi connectivity index (χ1v) is 6.13.